The number of hydrogen-bond acceptors (Lipinski definition) is 4. The van der Waals surface area contributed by atoms with Crippen LogP contribution < -0.4 is 0 Å². The van der Waals surface area contributed by atoms with Crippen molar-refractivity contribution in [3.8, 4) is 0 Å². The summed E-state index contributed by atoms with van der Waals surface area (Å²) in [6.07, 6.45) is 3.86. The van der Waals surface area contributed by atoms with Crippen LogP contribution in [-0.4, -0.2) is 57.6 Å². The van der Waals surface area contributed by atoms with Gasteiger partial charge in [0.1, 0.15) is 0 Å². The molecule has 1 aromatic heterocycles. The fourth-order valence-corrected chi connectivity index (χ4v) is 2.71. The van der Waals surface area contributed by atoms with E-state index in [1.807, 2.05) is 4.68 Å². The second kappa shape index (κ2) is 6.38. The van der Waals surface area contributed by atoms with Gasteiger partial charge in [-0.05, 0) is 26.7 Å². The topological polar surface area (TPSA) is 78.6 Å². The van der Waals surface area contributed by atoms with E-state index in [1.165, 1.54) is 0 Å². The first-order chi connectivity index (χ1) is 10.3. The summed E-state index contributed by atoms with van der Waals surface area (Å²) in [5, 5.41) is 23.2. The van der Waals surface area contributed by atoms with Crippen molar-refractivity contribution in [2.24, 2.45) is 5.41 Å². The maximum Gasteiger partial charge on any atom is 0.257 e. The number of aliphatic hydroxyl groups is 2. The first-order valence-corrected chi connectivity index (χ1v) is 7.87. The number of rotatable bonds is 7. The molecule has 1 fully saturated rings. The van der Waals surface area contributed by atoms with Crippen LogP contribution in [0, 0.1) is 5.41 Å². The summed E-state index contributed by atoms with van der Waals surface area (Å²) in [5.41, 5.74) is 0.983. The largest absolute Gasteiger partial charge is 0.396 e. The monoisotopic (exact) mass is 309 g/mol. The van der Waals surface area contributed by atoms with Crippen molar-refractivity contribution in [1.82, 2.24) is 14.7 Å². The lowest BCUT2D eigenvalue weighted by Gasteiger charge is -2.30. The van der Waals surface area contributed by atoms with Crippen LogP contribution in [-0.2, 0) is 0 Å². The van der Waals surface area contributed by atoms with Crippen LogP contribution in [0.15, 0.2) is 6.20 Å². The van der Waals surface area contributed by atoms with Gasteiger partial charge in [-0.1, -0.05) is 6.92 Å². The molecule has 0 aliphatic heterocycles. The average Bonchev–Trinajstić information content (AvgIpc) is 3.24. The van der Waals surface area contributed by atoms with Crippen LogP contribution >= 0.6 is 0 Å². The molecule has 2 N–H and O–H groups in total. The minimum atomic E-state index is -0.696. The summed E-state index contributed by atoms with van der Waals surface area (Å²) >= 11 is 0. The summed E-state index contributed by atoms with van der Waals surface area (Å²) in [6, 6.07) is 0.225. The molecular formula is C16H27N3O3. The Morgan fingerprint density at radius 2 is 2.05 bits per heavy atom. The Morgan fingerprint density at radius 3 is 2.50 bits per heavy atom. The highest BCUT2D eigenvalue weighted by molar-refractivity contribution is 5.95. The second-order valence-electron chi connectivity index (χ2n) is 7.04. The minimum absolute atomic E-state index is 0.0954. The molecule has 22 heavy (non-hydrogen) atoms. The van der Waals surface area contributed by atoms with Gasteiger partial charge < -0.3 is 15.1 Å². The molecule has 0 radical (unpaired) electrons. The molecule has 6 nitrogen and oxygen atoms in total. The molecule has 6 heteroatoms. The molecule has 0 aromatic carbocycles. The van der Waals surface area contributed by atoms with Gasteiger partial charge >= 0.3 is 0 Å². The molecule has 0 atom stereocenters. The standard InChI is InChI=1S/C16H27N3O3/c1-11(2)19-14(12-5-6-12)13(7-17-19)15(22)18(4)8-16(3,9-20)10-21/h7,11-12,20-21H,5-6,8-10H2,1-4H3. The molecule has 0 bridgehead atoms. The van der Waals surface area contributed by atoms with Crippen LogP contribution in [0.1, 0.15) is 61.6 Å². The number of carbonyl (C=O) groups is 1. The molecule has 0 saturated heterocycles. The van der Waals surface area contributed by atoms with E-state index in [0.29, 0.717) is 18.0 Å². The van der Waals surface area contributed by atoms with E-state index in [4.69, 9.17) is 0 Å². The molecule has 124 valence electrons. The summed E-state index contributed by atoms with van der Waals surface area (Å²) in [4.78, 5) is 14.3. The number of nitrogens with zero attached hydrogens (tertiary/aromatic N) is 3. The number of aliphatic hydroxyl groups excluding tert-OH is 2. The quantitative estimate of drug-likeness (QED) is 0.798. The minimum Gasteiger partial charge on any atom is -0.396 e. The number of hydrogen-bond donors (Lipinski definition) is 2. The third kappa shape index (κ3) is 3.33. The molecule has 1 aliphatic rings. The lowest BCUT2D eigenvalue weighted by molar-refractivity contribution is 0.0365. The van der Waals surface area contributed by atoms with E-state index in [2.05, 4.69) is 18.9 Å². The Balaban J connectivity index is 2.22. The van der Waals surface area contributed by atoms with Gasteiger partial charge in [0.2, 0.25) is 0 Å². The molecular weight excluding hydrogens is 282 g/mol. The highest BCUT2D eigenvalue weighted by atomic mass is 16.3. The molecule has 1 aromatic rings. The molecule has 1 amide bonds. The summed E-state index contributed by atoms with van der Waals surface area (Å²) < 4.78 is 1.94. The van der Waals surface area contributed by atoms with Crippen LogP contribution in [0.4, 0.5) is 0 Å². The van der Waals surface area contributed by atoms with E-state index < -0.39 is 5.41 Å². The first kappa shape index (κ1) is 17.0. The van der Waals surface area contributed by atoms with E-state index in [-0.39, 0.29) is 25.2 Å². The van der Waals surface area contributed by atoms with Crippen molar-refractivity contribution in [2.45, 2.75) is 45.6 Å². The predicted molar refractivity (Wildman–Crippen MR) is 83.8 cm³/mol. The zero-order chi connectivity index (χ0) is 16.5. The van der Waals surface area contributed by atoms with Crippen molar-refractivity contribution in [3.63, 3.8) is 0 Å². The normalized spacial score (nSPS) is 15.4. The number of aromatic nitrogens is 2. The lowest BCUT2D eigenvalue weighted by Crippen LogP contribution is -2.41. The number of amides is 1. The van der Waals surface area contributed by atoms with E-state index >= 15 is 0 Å². The van der Waals surface area contributed by atoms with Crippen molar-refractivity contribution < 1.29 is 15.0 Å². The van der Waals surface area contributed by atoms with E-state index in [9.17, 15) is 15.0 Å². The van der Waals surface area contributed by atoms with Gasteiger partial charge in [-0.3, -0.25) is 9.48 Å². The highest BCUT2D eigenvalue weighted by Gasteiger charge is 2.35. The highest BCUT2D eigenvalue weighted by Crippen LogP contribution is 2.42. The van der Waals surface area contributed by atoms with Gasteiger partial charge in [0.25, 0.3) is 5.91 Å². The molecule has 1 aliphatic carbocycles. The Bertz CT molecular complexity index is 531. The summed E-state index contributed by atoms with van der Waals surface area (Å²) in [6.45, 7) is 5.85. The molecule has 1 saturated carbocycles. The first-order valence-electron chi connectivity index (χ1n) is 7.87. The third-order valence-corrected chi connectivity index (χ3v) is 4.25. The lowest BCUT2D eigenvalue weighted by atomic mass is 9.92. The zero-order valence-corrected chi connectivity index (χ0v) is 13.9. The van der Waals surface area contributed by atoms with Crippen LogP contribution in [0.25, 0.3) is 0 Å². The maximum absolute atomic E-state index is 12.8. The predicted octanol–water partition coefficient (Wildman–Crippen LogP) is 1.40. The summed E-state index contributed by atoms with van der Waals surface area (Å²) in [7, 11) is 1.70. The Kier molecular flexibility index (Phi) is 4.92. The van der Waals surface area contributed by atoms with Crippen LogP contribution in [0.5, 0.6) is 0 Å². The van der Waals surface area contributed by atoms with Crippen molar-refractivity contribution in [3.05, 3.63) is 17.5 Å². The van der Waals surface area contributed by atoms with Gasteiger partial charge in [-0.25, -0.2) is 0 Å². The molecule has 0 spiro atoms. The number of carbonyl (C=O) groups excluding carboxylic acids is 1. The maximum atomic E-state index is 12.8. The van der Waals surface area contributed by atoms with Gasteiger partial charge in [-0.2, -0.15) is 5.10 Å². The Morgan fingerprint density at radius 1 is 1.45 bits per heavy atom. The Labute approximate surface area is 131 Å². The van der Waals surface area contributed by atoms with Gasteiger partial charge in [-0.15, -0.1) is 0 Å². The van der Waals surface area contributed by atoms with Crippen LogP contribution in [0.2, 0.25) is 0 Å². The summed E-state index contributed by atoms with van der Waals surface area (Å²) in [5.74, 6) is 0.334. The SMILES string of the molecule is CC(C)n1ncc(C(=O)N(C)CC(C)(CO)CO)c1C1CC1. The molecule has 0 unspecified atom stereocenters. The van der Waals surface area contributed by atoms with E-state index in [0.717, 1.165) is 18.5 Å². The fraction of sp³-hybridized carbons (Fsp3) is 0.750. The second-order valence-corrected chi connectivity index (χ2v) is 7.04. The smallest absolute Gasteiger partial charge is 0.257 e. The Hall–Kier alpha value is -1.40. The van der Waals surface area contributed by atoms with Crippen molar-refractivity contribution >= 4 is 5.91 Å². The van der Waals surface area contributed by atoms with Gasteiger partial charge in [0, 0.05) is 31.0 Å². The fourth-order valence-electron chi connectivity index (χ4n) is 2.71. The molecule has 1 heterocycles. The average molecular weight is 309 g/mol. The van der Waals surface area contributed by atoms with Crippen molar-refractivity contribution in [2.75, 3.05) is 26.8 Å². The molecule has 2 rings (SSSR count). The zero-order valence-electron chi connectivity index (χ0n) is 13.9. The van der Waals surface area contributed by atoms with Crippen LogP contribution in [0.3, 0.4) is 0 Å². The third-order valence-electron chi connectivity index (χ3n) is 4.25. The van der Waals surface area contributed by atoms with Gasteiger partial charge in [0.15, 0.2) is 0 Å². The van der Waals surface area contributed by atoms with Crippen molar-refractivity contribution in [1.29, 1.82) is 0 Å². The van der Waals surface area contributed by atoms with Gasteiger partial charge in [0.05, 0.1) is 30.7 Å². The van der Waals surface area contributed by atoms with E-state index in [1.54, 1.807) is 25.1 Å².